The van der Waals surface area contributed by atoms with Crippen LogP contribution in [0.2, 0.25) is 0 Å². The Labute approximate surface area is 122 Å². The molecule has 0 nitrogen and oxygen atoms in total. The fourth-order valence-corrected chi connectivity index (χ4v) is 2.89. The van der Waals surface area contributed by atoms with Gasteiger partial charge in [0.25, 0.3) is 0 Å². The minimum Gasteiger partial charge on any atom is -0.206 e. The summed E-state index contributed by atoms with van der Waals surface area (Å²) in [5, 5.41) is 0. The second-order valence-electron chi connectivity index (χ2n) is 5.07. The van der Waals surface area contributed by atoms with E-state index in [1.54, 1.807) is 13.0 Å². The molecule has 0 fully saturated rings. The van der Waals surface area contributed by atoms with Crippen molar-refractivity contribution in [3.8, 4) is 0 Å². The van der Waals surface area contributed by atoms with Crippen LogP contribution < -0.4 is 0 Å². The molecule has 0 aliphatic heterocycles. The normalized spacial score (nSPS) is 12.5. The summed E-state index contributed by atoms with van der Waals surface area (Å²) in [7, 11) is 0. The predicted octanol–water partition coefficient (Wildman–Crippen LogP) is 5.43. The third-order valence-corrected chi connectivity index (χ3v) is 4.36. The Morgan fingerprint density at radius 2 is 1.74 bits per heavy atom. The summed E-state index contributed by atoms with van der Waals surface area (Å²) in [5.74, 6) is -0.104. The number of alkyl halides is 1. The number of aryl methyl sites for hydroxylation is 3. The zero-order chi connectivity index (χ0) is 14.0. The van der Waals surface area contributed by atoms with Crippen molar-refractivity contribution in [2.24, 2.45) is 0 Å². The van der Waals surface area contributed by atoms with Crippen LogP contribution in [0.25, 0.3) is 0 Å². The highest BCUT2D eigenvalue weighted by molar-refractivity contribution is 9.09. The molecule has 100 valence electrons. The molecular formula is C17H18BrF. The van der Waals surface area contributed by atoms with Crippen LogP contribution in [0.1, 0.15) is 32.6 Å². The second kappa shape index (κ2) is 5.87. The molecule has 1 atom stereocenters. The van der Waals surface area contributed by atoms with E-state index in [4.69, 9.17) is 0 Å². The van der Waals surface area contributed by atoms with Gasteiger partial charge >= 0.3 is 0 Å². The highest BCUT2D eigenvalue weighted by Gasteiger charge is 2.14. The van der Waals surface area contributed by atoms with E-state index >= 15 is 0 Å². The molecular weight excluding hydrogens is 303 g/mol. The first-order valence-corrected chi connectivity index (χ1v) is 7.36. The molecule has 2 aromatic rings. The van der Waals surface area contributed by atoms with E-state index in [2.05, 4.69) is 48.0 Å². The van der Waals surface area contributed by atoms with Crippen molar-refractivity contribution in [3.63, 3.8) is 0 Å². The molecule has 0 saturated carbocycles. The topological polar surface area (TPSA) is 0 Å². The van der Waals surface area contributed by atoms with Crippen molar-refractivity contribution in [1.29, 1.82) is 0 Å². The van der Waals surface area contributed by atoms with E-state index in [1.807, 2.05) is 12.1 Å². The Morgan fingerprint density at radius 3 is 2.42 bits per heavy atom. The van der Waals surface area contributed by atoms with Crippen molar-refractivity contribution >= 4 is 15.9 Å². The molecule has 2 rings (SSSR count). The van der Waals surface area contributed by atoms with Crippen molar-refractivity contribution < 1.29 is 4.39 Å². The fourth-order valence-electron chi connectivity index (χ4n) is 2.16. The van der Waals surface area contributed by atoms with E-state index in [1.165, 1.54) is 16.7 Å². The van der Waals surface area contributed by atoms with Gasteiger partial charge in [-0.05, 0) is 49.4 Å². The van der Waals surface area contributed by atoms with Crippen LogP contribution in [0.3, 0.4) is 0 Å². The Kier molecular flexibility index (Phi) is 4.41. The molecule has 0 aliphatic rings. The number of hydrogen-bond acceptors (Lipinski definition) is 0. The zero-order valence-corrected chi connectivity index (χ0v) is 13.1. The summed E-state index contributed by atoms with van der Waals surface area (Å²) in [5.41, 5.74) is 5.23. The lowest BCUT2D eigenvalue weighted by atomic mass is 9.99. The first-order valence-electron chi connectivity index (χ1n) is 6.44. The molecule has 2 aromatic carbocycles. The largest absolute Gasteiger partial charge is 0.206 e. The third-order valence-electron chi connectivity index (χ3n) is 3.55. The molecule has 0 bridgehead atoms. The summed E-state index contributed by atoms with van der Waals surface area (Å²) in [4.78, 5) is 0.00880. The smallest absolute Gasteiger partial charge is 0.130 e. The average molecular weight is 321 g/mol. The lowest BCUT2D eigenvalue weighted by Gasteiger charge is -2.13. The van der Waals surface area contributed by atoms with Crippen LogP contribution in [-0.2, 0) is 6.42 Å². The maximum absolute atomic E-state index is 14.1. The van der Waals surface area contributed by atoms with Crippen molar-refractivity contribution in [3.05, 3.63) is 70.0 Å². The van der Waals surface area contributed by atoms with Gasteiger partial charge in [-0.1, -0.05) is 52.3 Å². The quantitative estimate of drug-likeness (QED) is 0.661. The Hall–Kier alpha value is -1.15. The van der Waals surface area contributed by atoms with Crippen LogP contribution in [0.4, 0.5) is 4.39 Å². The number of benzene rings is 2. The highest BCUT2D eigenvalue weighted by atomic mass is 79.9. The monoisotopic (exact) mass is 320 g/mol. The van der Waals surface area contributed by atoms with Gasteiger partial charge in [0.15, 0.2) is 0 Å². The molecule has 0 heterocycles. The van der Waals surface area contributed by atoms with Crippen LogP contribution in [-0.4, -0.2) is 0 Å². The summed E-state index contributed by atoms with van der Waals surface area (Å²) < 4.78 is 14.1. The van der Waals surface area contributed by atoms with Gasteiger partial charge in [-0.15, -0.1) is 0 Å². The first kappa shape index (κ1) is 14.3. The number of rotatable bonds is 3. The summed E-state index contributed by atoms with van der Waals surface area (Å²) in [6.07, 6.45) is 0.793. The lowest BCUT2D eigenvalue weighted by Crippen LogP contribution is -2.00. The van der Waals surface area contributed by atoms with Gasteiger partial charge in [0, 0.05) is 10.4 Å². The van der Waals surface area contributed by atoms with Gasteiger partial charge in [-0.25, -0.2) is 4.39 Å². The van der Waals surface area contributed by atoms with Gasteiger partial charge in [-0.3, -0.25) is 0 Å². The van der Waals surface area contributed by atoms with Crippen LogP contribution in [0, 0.1) is 26.6 Å². The molecule has 19 heavy (non-hydrogen) atoms. The fraction of sp³-hybridized carbons (Fsp3) is 0.294. The van der Waals surface area contributed by atoms with Crippen molar-refractivity contribution in [1.82, 2.24) is 0 Å². The van der Waals surface area contributed by atoms with E-state index in [0.717, 1.165) is 12.0 Å². The van der Waals surface area contributed by atoms with Crippen LogP contribution >= 0.6 is 15.9 Å². The van der Waals surface area contributed by atoms with E-state index < -0.39 is 0 Å². The highest BCUT2D eigenvalue weighted by Crippen LogP contribution is 2.30. The standard InChI is InChI=1S/C17H18BrF/c1-11-7-8-14(9-13(11)3)10-16(18)15-6-4-5-12(2)17(15)19/h4-9,16H,10H2,1-3H3. The first-order chi connectivity index (χ1) is 8.99. The van der Waals surface area contributed by atoms with Crippen LogP contribution in [0.15, 0.2) is 36.4 Å². The maximum atomic E-state index is 14.1. The predicted molar refractivity (Wildman–Crippen MR) is 82.4 cm³/mol. The third kappa shape index (κ3) is 3.24. The molecule has 0 N–H and O–H groups in total. The maximum Gasteiger partial charge on any atom is 0.130 e. The Morgan fingerprint density at radius 1 is 1.00 bits per heavy atom. The van der Waals surface area contributed by atoms with Crippen LogP contribution in [0.5, 0.6) is 0 Å². The summed E-state index contributed by atoms with van der Waals surface area (Å²) in [6.45, 7) is 6.01. The van der Waals surface area contributed by atoms with Gasteiger partial charge in [0.05, 0.1) is 0 Å². The minimum absolute atomic E-state index is 0.00880. The van der Waals surface area contributed by atoms with Gasteiger partial charge in [0.2, 0.25) is 0 Å². The van der Waals surface area contributed by atoms with Gasteiger partial charge < -0.3 is 0 Å². The molecule has 2 heteroatoms. The molecule has 1 unspecified atom stereocenters. The lowest BCUT2D eigenvalue weighted by molar-refractivity contribution is 0.599. The number of halogens is 2. The molecule has 0 aliphatic carbocycles. The van der Waals surface area contributed by atoms with E-state index in [9.17, 15) is 4.39 Å². The SMILES string of the molecule is Cc1ccc(CC(Br)c2cccc(C)c2F)cc1C. The molecule has 0 amide bonds. The molecule has 0 saturated heterocycles. The Balaban J connectivity index is 2.23. The van der Waals surface area contributed by atoms with Gasteiger partial charge in [0.1, 0.15) is 5.82 Å². The second-order valence-corrected chi connectivity index (χ2v) is 6.17. The average Bonchev–Trinajstić information content (AvgIpc) is 2.37. The zero-order valence-electron chi connectivity index (χ0n) is 11.5. The van der Waals surface area contributed by atoms with E-state index in [0.29, 0.717) is 5.56 Å². The molecule has 0 aromatic heterocycles. The summed E-state index contributed by atoms with van der Waals surface area (Å²) >= 11 is 3.61. The van der Waals surface area contributed by atoms with Crippen molar-refractivity contribution in [2.45, 2.75) is 32.0 Å². The summed E-state index contributed by atoms with van der Waals surface area (Å²) in [6, 6.07) is 12.0. The van der Waals surface area contributed by atoms with E-state index in [-0.39, 0.29) is 10.6 Å². The van der Waals surface area contributed by atoms with Crippen molar-refractivity contribution in [2.75, 3.05) is 0 Å². The Bertz CT molecular complexity index is 590. The molecule has 0 radical (unpaired) electrons. The minimum atomic E-state index is -0.104. The molecule has 0 spiro atoms. The number of hydrogen-bond donors (Lipinski definition) is 0. The van der Waals surface area contributed by atoms with Gasteiger partial charge in [-0.2, -0.15) is 0 Å².